The number of carbonyl (C=O) groups is 1. The highest BCUT2D eigenvalue weighted by molar-refractivity contribution is 7.89. The molecule has 1 fully saturated rings. The van der Waals surface area contributed by atoms with E-state index in [9.17, 15) is 13.2 Å². The van der Waals surface area contributed by atoms with Crippen LogP contribution < -0.4 is 20.3 Å². The maximum absolute atomic E-state index is 13.1. The zero-order chi connectivity index (χ0) is 22.1. The van der Waals surface area contributed by atoms with E-state index in [1.165, 1.54) is 29.6 Å². The molecule has 0 spiro atoms. The van der Waals surface area contributed by atoms with Crippen LogP contribution in [0.1, 0.15) is 16.2 Å². The first kappa shape index (κ1) is 21.8. The number of piperazine rings is 1. The van der Waals surface area contributed by atoms with Crippen LogP contribution in [0.15, 0.2) is 29.2 Å². The number of nitrogens with zero attached hydrogens (tertiary/aromatic N) is 5. The van der Waals surface area contributed by atoms with Crippen molar-refractivity contribution < 1.29 is 17.9 Å². The average molecular weight is 435 g/mol. The topological polar surface area (TPSA) is 122 Å². The summed E-state index contributed by atoms with van der Waals surface area (Å²) in [5, 5.41) is 0. The van der Waals surface area contributed by atoms with E-state index >= 15 is 0 Å². The fraction of sp³-hybridized carbons (Fsp3) is 0.421. The van der Waals surface area contributed by atoms with Gasteiger partial charge in [-0.15, -0.1) is 0 Å². The van der Waals surface area contributed by atoms with E-state index < -0.39 is 15.9 Å². The summed E-state index contributed by atoms with van der Waals surface area (Å²) in [6.07, 6.45) is 0. The van der Waals surface area contributed by atoms with Crippen molar-refractivity contribution in [3.8, 4) is 5.75 Å². The molecule has 30 heavy (non-hydrogen) atoms. The van der Waals surface area contributed by atoms with Gasteiger partial charge >= 0.3 is 0 Å². The first-order chi connectivity index (χ1) is 14.1. The van der Waals surface area contributed by atoms with Crippen LogP contribution in [0.2, 0.25) is 0 Å². The molecule has 1 aliphatic heterocycles. The van der Waals surface area contributed by atoms with Crippen molar-refractivity contribution in [1.29, 1.82) is 0 Å². The van der Waals surface area contributed by atoms with Gasteiger partial charge in [-0.2, -0.15) is 4.31 Å². The highest BCUT2D eigenvalue weighted by Gasteiger charge is 2.30. The predicted molar refractivity (Wildman–Crippen MR) is 114 cm³/mol. The number of nitrogens with two attached hydrogens (primary N) is 1. The standard InChI is InChI=1S/C19H26N6O4S/c1-13-21-17(23(2)3)12-18(22-13)24-7-9-25(10-8-24)30(27,28)14-5-6-16(29-4)15(11-14)19(20)26/h5-6,11-12H,7-10H2,1-4H3,(H2,20,26). The smallest absolute Gasteiger partial charge is 0.252 e. The van der Waals surface area contributed by atoms with Crippen molar-refractivity contribution in [3.63, 3.8) is 0 Å². The number of hydrogen-bond acceptors (Lipinski definition) is 8. The molecule has 10 nitrogen and oxygen atoms in total. The molecule has 2 aromatic rings. The Morgan fingerprint density at radius 1 is 1.13 bits per heavy atom. The molecule has 0 saturated carbocycles. The summed E-state index contributed by atoms with van der Waals surface area (Å²) in [5.41, 5.74) is 5.39. The Morgan fingerprint density at radius 2 is 1.80 bits per heavy atom. The lowest BCUT2D eigenvalue weighted by Gasteiger charge is -2.35. The molecule has 1 aliphatic rings. The van der Waals surface area contributed by atoms with Gasteiger partial charge in [0, 0.05) is 46.3 Å². The highest BCUT2D eigenvalue weighted by atomic mass is 32.2. The third kappa shape index (κ3) is 4.31. The molecule has 0 unspecified atom stereocenters. The number of aromatic nitrogens is 2. The number of sulfonamides is 1. The molecule has 1 saturated heterocycles. The first-order valence-corrected chi connectivity index (χ1v) is 10.8. The fourth-order valence-electron chi connectivity index (χ4n) is 3.27. The molecular formula is C19H26N6O4S. The summed E-state index contributed by atoms with van der Waals surface area (Å²) in [6, 6.07) is 6.01. The minimum atomic E-state index is -3.78. The van der Waals surface area contributed by atoms with Gasteiger partial charge in [-0.1, -0.05) is 0 Å². The van der Waals surface area contributed by atoms with E-state index in [1.807, 2.05) is 36.9 Å². The SMILES string of the molecule is COc1ccc(S(=O)(=O)N2CCN(c3cc(N(C)C)nc(C)n3)CC2)cc1C(N)=O. The van der Waals surface area contributed by atoms with Gasteiger partial charge in [-0.25, -0.2) is 18.4 Å². The Hall–Kier alpha value is -2.92. The molecule has 0 radical (unpaired) electrons. The average Bonchev–Trinajstić information content (AvgIpc) is 2.72. The monoisotopic (exact) mass is 434 g/mol. The van der Waals surface area contributed by atoms with E-state index in [4.69, 9.17) is 10.5 Å². The van der Waals surface area contributed by atoms with Crippen LogP contribution in [0.4, 0.5) is 11.6 Å². The van der Waals surface area contributed by atoms with Gasteiger partial charge in [0.2, 0.25) is 10.0 Å². The number of hydrogen-bond donors (Lipinski definition) is 1. The maximum atomic E-state index is 13.1. The summed E-state index contributed by atoms with van der Waals surface area (Å²) >= 11 is 0. The van der Waals surface area contributed by atoms with E-state index in [-0.39, 0.29) is 16.2 Å². The number of benzene rings is 1. The predicted octanol–water partition coefficient (Wildman–Crippen LogP) is 0.469. The van der Waals surface area contributed by atoms with Gasteiger partial charge < -0.3 is 20.3 Å². The lowest BCUT2D eigenvalue weighted by atomic mass is 10.2. The zero-order valence-corrected chi connectivity index (χ0v) is 18.3. The largest absolute Gasteiger partial charge is 0.496 e. The quantitative estimate of drug-likeness (QED) is 0.696. The van der Waals surface area contributed by atoms with Crippen molar-refractivity contribution in [3.05, 3.63) is 35.7 Å². The Balaban J connectivity index is 1.79. The molecule has 2 N–H and O–H groups in total. The number of methoxy groups -OCH3 is 1. The molecule has 1 aromatic heterocycles. The molecule has 0 bridgehead atoms. The van der Waals surface area contributed by atoms with Crippen molar-refractivity contribution in [2.45, 2.75) is 11.8 Å². The van der Waals surface area contributed by atoms with E-state index in [2.05, 4.69) is 9.97 Å². The highest BCUT2D eigenvalue weighted by Crippen LogP contribution is 2.26. The minimum Gasteiger partial charge on any atom is -0.496 e. The molecule has 3 rings (SSSR count). The van der Waals surface area contributed by atoms with Crippen molar-refractivity contribution in [1.82, 2.24) is 14.3 Å². The van der Waals surface area contributed by atoms with Crippen LogP contribution in [0, 0.1) is 6.92 Å². The van der Waals surface area contributed by atoms with E-state index in [0.717, 1.165) is 11.6 Å². The minimum absolute atomic E-state index is 0.0123. The van der Waals surface area contributed by atoms with Crippen molar-refractivity contribution in [2.24, 2.45) is 5.73 Å². The Labute approximate surface area is 176 Å². The number of primary amides is 1. The second kappa shape index (κ2) is 8.44. The third-order valence-electron chi connectivity index (χ3n) is 4.91. The molecule has 1 amide bonds. The van der Waals surface area contributed by atoms with Gasteiger partial charge in [0.05, 0.1) is 17.6 Å². The van der Waals surface area contributed by atoms with Crippen LogP contribution >= 0.6 is 0 Å². The number of ether oxygens (including phenoxy) is 1. The fourth-order valence-corrected chi connectivity index (χ4v) is 4.72. The van der Waals surface area contributed by atoms with E-state index in [0.29, 0.717) is 32.0 Å². The summed E-state index contributed by atoms with van der Waals surface area (Å²) in [4.78, 5) is 24.5. The van der Waals surface area contributed by atoms with Crippen LogP contribution in [-0.4, -0.2) is 76.0 Å². The number of anilines is 2. The lowest BCUT2D eigenvalue weighted by molar-refractivity contribution is 0.0997. The van der Waals surface area contributed by atoms with Crippen LogP contribution in [0.3, 0.4) is 0 Å². The number of rotatable bonds is 6. The molecular weight excluding hydrogens is 408 g/mol. The van der Waals surface area contributed by atoms with Crippen LogP contribution in [-0.2, 0) is 10.0 Å². The summed E-state index contributed by atoms with van der Waals surface area (Å²) < 4.78 is 32.7. The van der Waals surface area contributed by atoms with Crippen LogP contribution in [0.25, 0.3) is 0 Å². The van der Waals surface area contributed by atoms with Gasteiger partial charge in [-0.3, -0.25) is 4.79 Å². The molecule has 0 aliphatic carbocycles. The molecule has 11 heteroatoms. The van der Waals surface area contributed by atoms with Gasteiger partial charge in [0.15, 0.2) is 0 Å². The number of carbonyl (C=O) groups excluding carboxylic acids is 1. The van der Waals surface area contributed by atoms with Crippen molar-refractivity contribution >= 4 is 27.6 Å². The second-order valence-corrected chi connectivity index (χ2v) is 9.08. The number of aryl methyl sites for hydroxylation is 1. The number of amides is 1. The van der Waals surface area contributed by atoms with Crippen molar-refractivity contribution in [2.75, 3.05) is 57.2 Å². The molecule has 0 atom stereocenters. The lowest BCUT2D eigenvalue weighted by Crippen LogP contribution is -2.49. The van der Waals surface area contributed by atoms with E-state index in [1.54, 1.807) is 0 Å². The van der Waals surface area contributed by atoms with Gasteiger partial charge in [0.1, 0.15) is 23.2 Å². The van der Waals surface area contributed by atoms with Gasteiger partial charge in [0.25, 0.3) is 5.91 Å². The first-order valence-electron chi connectivity index (χ1n) is 9.39. The van der Waals surface area contributed by atoms with Crippen LogP contribution in [0.5, 0.6) is 5.75 Å². The molecule has 1 aromatic carbocycles. The normalized spacial score (nSPS) is 15.1. The Kier molecular flexibility index (Phi) is 6.13. The zero-order valence-electron chi connectivity index (χ0n) is 17.5. The second-order valence-electron chi connectivity index (χ2n) is 7.14. The summed E-state index contributed by atoms with van der Waals surface area (Å²) in [5.74, 6) is 1.71. The Morgan fingerprint density at radius 3 is 2.37 bits per heavy atom. The maximum Gasteiger partial charge on any atom is 0.252 e. The molecule has 2 heterocycles. The molecule has 162 valence electrons. The Bertz CT molecular complexity index is 1050. The summed E-state index contributed by atoms with van der Waals surface area (Å²) in [7, 11) is 1.43. The third-order valence-corrected chi connectivity index (χ3v) is 6.80. The summed E-state index contributed by atoms with van der Waals surface area (Å²) in [6.45, 7) is 3.39. The van der Waals surface area contributed by atoms with Gasteiger partial charge in [-0.05, 0) is 25.1 Å².